The van der Waals surface area contributed by atoms with Crippen molar-refractivity contribution in [1.29, 1.82) is 5.26 Å². The van der Waals surface area contributed by atoms with Gasteiger partial charge in [-0.05, 0) is 30.7 Å². The van der Waals surface area contributed by atoms with E-state index in [0.717, 1.165) is 28.8 Å². The topological polar surface area (TPSA) is 122 Å². The van der Waals surface area contributed by atoms with Gasteiger partial charge in [-0.2, -0.15) is 10.4 Å². The van der Waals surface area contributed by atoms with Crippen molar-refractivity contribution in [2.75, 3.05) is 5.32 Å². The minimum atomic E-state index is -3.15. The number of anilines is 1. The maximum atomic E-state index is 12.0. The van der Waals surface area contributed by atoms with Crippen LogP contribution in [0.1, 0.15) is 12.5 Å². The highest BCUT2D eigenvalue weighted by Crippen LogP contribution is 2.22. The van der Waals surface area contributed by atoms with Crippen molar-refractivity contribution in [3.63, 3.8) is 0 Å². The molecule has 0 bridgehead atoms. The summed E-state index contributed by atoms with van der Waals surface area (Å²) < 4.78 is 17.1. The summed E-state index contributed by atoms with van der Waals surface area (Å²) in [4.78, 5) is 4.69. The van der Waals surface area contributed by atoms with Gasteiger partial charge in [-0.1, -0.05) is 12.1 Å². The third kappa shape index (κ3) is 3.45. The monoisotopic (exact) mass is 355 g/mol. The molecule has 0 spiro atoms. The molecule has 3 N–H and O–H groups in total. The van der Waals surface area contributed by atoms with E-state index in [9.17, 15) is 4.21 Å². The first kappa shape index (κ1) is 16.9. The molecular weight excluding hydrogens is 338 g/mol. The zero-order chi connectivity index (χ0) is 17.9. The molecule has 0 saturated carbocycles. The molecule has 0 radical (unpaired) electrons. The van der Waals surface area contributed by atoms with Crippen LogP contribution in [0.25, 0.3) is 11.0 Å². The number of fused-ring (bicyclic) bond motifs is 1. The molecule has 3 aromatic rings. The maximum Gasteiger partial charge on any atom is 0.216 e. The van der Waals surface area contributed by atoms with Crippen molar-refractivity contribution in [3.05, 3.63) is 48.3 Å². The number of nitrogens with zero attached hydrogens (tertiary/aromatic N) is 5. The van der Waals surface area contributed by atoms with E-state index in [1.165, 1.54) is 6.19 Å². The summed E-state index contributed by atoms with van der Waals surface area (Å²) in [6, 6.07) is 8.75. The SMILES string of the molecule is CCn1ncc2c(NCc3ccc(S(N)(=O)=NC#N)cc3)ccnc21. The third-order valence-electron chi connectivity index (χ3n) is 3.76. The molecule has 2 heterocycles. The minimum absolute atomic E-state index is 0.327. The van der Waals surface area contributed by atoms with Gasteiger partial charge in [0.05, 0.1) is 16.5 Å². The largest absolute Gasteiger partial charge is 0.380 e. The number of nitrogens with one attached hydrogen (secondary N) is 1. The van der Waals surface area contributed by atoms with Crippen LogP contribution in [-0.2, 0) is 23.0 Å². The minimum Gasteiger partial charge on any atom is -0.380 e. The number of rotatable bonds is 5. The van der Waals surface area contributed by atoms with Crippen molar-refractivity contribution < 1.29 is 4.21 Å². The summed E-state index contributed by atoms with van der Waals surface area (Å²) in [7, 11) is -3.15. The van der Waals surface area contributed by atoms with Crippen molar-refractivity contribution in [2.24, 2.45) is 9.50 Å². The standard InChI is InChI=1S/C16H17N7OS/c1-2-23-16-14(10-21-23)15(7-8-19-16)20-9-12-3-5-13(6-4-12)25(18,24)22-11-17/h3-8,10H,2,9H2,1H3,(H,19,20)(H2,18,22,24). The Morgan fingerprint density at radius 2 is 2.12 bits per heavy atom. The predicted octanol–water partition coefficient (Wildman–Crippen LogP) is 2.24. The van der Waals surface area contributed by atoms with E-state index in [-0.39, 0.29) is 0 Å². The second-order valence-corrected chi connectivity index (χ2v) is 7.10. The Balaban J connectivity index is 1.79. The highest BCUT2D eigenvalue weighted by molar-refractivity contribution is 7.91. The van der Waals surface area contributed by atoms with Gasteiger partial charge in [0.25, 0.3) is 0 Å². The van der Waals surface area contributed by atoms with Gasteiger partial charge in [0.2, 0.25) is 6.19 Å². The molecule has 1 unspecified atom stereocenters. The number of aryl methyl sites for hydroxylation is 1. The average Bonchev–Trinajstić information content (AvgIpc) is 3.04. The Kier molecular flexibility index (Phi) is 4.65. The first-order valence-corrected chi connectivity index (χ1v) is 9.19. The second kappa shape index (κ2) is 6.88. The lowest BCUT2D eigenvalue weighted by molar-refractivity contribution is 0.677. The van der Waals surface area contributed by atoms with Crippen molar-refractivity contribution in [2.45, 2.75) is 24.9 Å². The number of nitrogens with two attached hydrogens (primary N) is 1. The summed E-state index contributed by atoms with van der Waals surface area (Å²) in [5, 5.41) is 22.7. The fourth-order valence-electron chi connectivity index (χ4n) is 2.48. The second-order valence-electron chi connectivity index (χ2n) is 5.31. The summed E-state index contributed by atoms with van der Waals surface area (Å²) >= 11 is 0. The van der Waals surface area contributed by atoms with Crippen LogP contribution in [0.3, 0.4) is 0 Å². The Bertz CT molecular complexity index is 1060. The number of benzene rings is 1. The lowest BCUT2D eigenvalue weighted by atomic mass is 10.2. The molecule has 9 heteroatoms. The van der Waals surface area contributed by atoms with Crippen molar-refractivity contribution >= 4 is 26.6 Å². The van der Waals surface area contributed by atoms with Gasteiger partial charge in [0.15, 0.2) is 5.65 Å². The molecule has 0 aliphatic carbocycles. The molecule has 25 heavy (non-hydrogen) atoms. The lowest BCUT2D eigenvalue weighted by Gasteiger charge is -2.09. The van der Waals surface area contributed by atoms with E-state index in [4.69, 9.17) is 10.4 Å². The van der Waals surface area contributed by atoms with Gasteiger partial charge in [-0.3, -0.25) is 0 Å². The Labute approximate surface area is 145 Å². The van der Waals surface area contributed by atoms with Gasteiger partial charge >= 0.3 is 0 Å². The van der Waals surface area contributed by atoms with Crippen LogP contribution in [-0.4, -0.2) is 19.0 Å². The highest BCUT2D eigenvalue weighted by Gasteiger charge is 2.08. The number of hydrogen-bond donors (Lipinski definition) is 2. The van der Waals surface area contributed by atoms with Gasteiger partial charge in [0, 0.05) is 25.0 Å². The van der Waals surface area contributed by atoms with Crippen LogP contribution in [0, 0.1) is 11.5 Å². The van der Waals surface area contributed by atoms with Gasteiger partial charge in [-0.15, -0.1) is 4.36 Å². The molecule has 3 rings (SSSR count). The number of hydrogen-bond acceptors (Lipinski definition) is 6. The maximum absolute atomic E-state index is 12.0. The molecule has 0 saturated heterocycles. The van der Waals surface area contributed by atoms with Crippen LogP contribution in [0.2, 0.25) is 0 Å². The first-order chi connectivity index (χ1) is 12.0. The molecule has 0 aliphatic heterocycles. The normalized spacial score (nSPS) is 13.2. The number of nitriles is 1. The lowest BCUT2D eigenvalue weighted by Crippen LogP contribution is -2.12. The van der Waals surface area contributed by atoms with Crippen molar-refractivity contribution in [3.8, 4) is 6.19 Å². The first-order valence-electron chi connectivity index (χ1n) is 7.61. The highest BCUT2D eigenvalue weighted by atomic mass is 32.2. The molecule has 0 aliphatic rings. The summed E-state index contributed by atoms with van der Waals surface area (Å²) in [5.74, 6) is 0. The molecule has 0 amide bonds. The van der Waals surface area contributed by atoms with Crippen molar-refractivity contribution in [1.82, 2.24) is 14.8 Å². The molecule has 1 aromatic carbocycles. The van der Waals surface area contributed by atoms with Gasteiger partial charge < -0.3 is 5.32 Å². The fourth-order valence-corrected chi connectivity index (χ4v) is 3.23. The summed E-state index contributed by atoms with van der Waals surface area (Å²) in [5.41, 5.74) is 2.75. The molecule has 128 valence electrons. The molecular formula is C16H17N7OS. The quantitative estimate of drug-likeness (QED) is 0.680. The Morgan fingerprint density at radius 1 is 1.36 bits per heavy atom. The average molecular weight is 355 g/mol. The van der Waals surface area contributed by atoms with E-state index in [1.54, 1.807) is 36.7 Å². The fraction of sp³-hybridized carbons (Fsp3) is 0.188. The Morgan fingerprint density at radius 3 is 2.80 bits per heavy atom. The van der Waals surface area contributed by atoms with E-state index in [2.05, 4.69) is 19.8 Å². The van der Waals surface area contributed by atoms with E-state index >= 15 is 0 Å². The van der Waals surface area contributed by atoms with E-state index in [0.29, 0.717) is 11.4 Å². The van der Waals surface area contributed by atoms with Gasteiger partial charge in [0.1, 0.15) is 9.92 Å². The number of aromatic nitrogens is 3. The van der Waals surface area contributed by atoms with Crippen LogP contribution in [0.15, 0.2) is 52.0 Å². The summed E-state index contributed by atoms with van der Waals surface area (Å²) in [6.45, 7) is 3.34. The molecule has 0 fully saturated rings. The summed E-state index contributed by atoms with van der Waals surface area (Å²) in [6.07, 6.45) is 5.03. The Hall–Kier alpha value is -2.96. The molecule has 2 aromatic heterocycles. The predicted molar refractivity (Wildman–Crippen MR) is 95.6 cm³/mol. The molecule has 1 atom stereocenters. The molecule has 8 nitrogen and oxygen atoms in total. The smallest absolute Gasteiger partial charge is 0.216 e. The van der Waals surface area contributed by atoms with E-state index in [1.807, 2.05) is 17.7 Å². The van der Waals surface area contributed by atoms with Crippen LogP contribution < -0.4 is 10.5 Å². The van der Waals surface area contributed by atoms with E-state index < -0.39 is 9.92 Å². The number of pyridine rings is 1. The van der Waals surface area contributed by atoms with Crippen LogP contribution in [0.4, 0.5) is 5.69 Å². The van der Waals surface area contributed by atoms with Gasteiger partial charge in [-0.25, -0.2) is 19.0 Å². The third-order valence-corrected chi connectivity index (χ3v) is 5.06. The van der Waals surface area contributed by atoms with Crippen LogP contribution >= 0.6 is 0 Å². The zero-order valence-corrected chi connectivity index (χ0v) is 14.4. The van der Waals surface area contributed by atoms with Crippen LogP contribution in [0.5, 0.6) is 0 Å². The zero-order valence-electron chi connectivity index (χ0n) is 13.6.